The van der Waals surface area contributed by atoms with Crippen molar-refractivity contribution >= 4 is 35.7 Å². The molecule has 5 atom stereocenters. The summed E-state index contributed by atoms with van der Waals surface area (Å²) in [5.41, 5.74) is -0.534. The predicted octanol–water partition coefficient (Wildman–Crippen LogP) is 1.45. The van der Waals surface area contributed by atoms with Gasteiger partial charge in [0.25, 0.3) is 0 Å². The van der Waals surface area contributed by atoms with Gasteiger partial charge in [-0.15, -0.1) is 0 Å². The first-order chi connectivity index (χ1) is 31.3. The fourth-order valence-corrected chi connectivity index (χ4v) is 6.33. The zero-order valence-corrected chi connectivity index (χ0v) is 36.9. The van der Waals surface area contributed by atoms with Gasteiger partial charge in [-0.25, -0.2) is 9.59 Å². The van der Waals surface area contributed by atoms with Gasteiger partial charge in [0.2, 0.25) is 6.29 Å². The van der Waals surface area contributed by atoms with Crippen LogP contribution >= 0.6 is 0 Å². The summed E-state index contributed by atoms with van der Waals surface area (Å²) in [7, 11) is 3.96. The van der Waals surface area contributed by atoms with Crippen molar-refractivity contribution in [3.63, 3.8) is 0 Å². The number of methoxy groups -OCH3 is 3. The molecule has 1 aliphatic heterocycles. The van der Waals surface area contributed by atoms with Crippen LogP contribution in [0.3, 0.4) is 0 Å². The van der Waals surface area contributed by atoms with Gasteiger partial charge in [-0.1, -0.05) is 6.07 Å². The third-order valence-corrected chi connectivity index (χ3v) is 9.32. The van der Waals surface area contributed by atoms with E-state index >= 15 is 0 Å². The molecule has 1 aromatic carbocycles. The maximum atomic E-state index is 12.9. The van der Waals surface area contributed by atoms with Crippen LogP contribution in [0.4, 0.5) is 10.5 Å². The minimum absolute atomic E-state index is 0.0638. The molecule has 0 saturated carbocycles. The number of aliphatic carboxylic acids is 3. The van der Waals surface area contributed by atoms with E-state index in [0.29, 0.717) is 79.3 Å². The predicted molar refractivity (Wildman–Crippen MR) is 218 cm³/mol. The van der Waals surface area contributed by atoms with Crippen molar-refractivity contribution in [2.45, 2.75) is 38.3 Å². The SMILES string of the molecule is COCCOCCOCCOCCOCCOCCOCCOCCN(COC)C(=O)OCc1ccc(O[C@@H]2O[C@H](C(=O)OC)[C@@H](CC(=O)O)[C@H](CC(=O)O)[C@H]2CC(=O)O)c([N+](=O)[O-])c1. The quantitative estimate of drug-likeness (QED) is 0.0278. The third-order valence-electron chi connectivity index (χ3n) is 9.32. The smallest absolute Gasteiger partial charge is 0.412 e. The lowest BCUT2D eigenvalue weighted by molar-refractivity contribution is -0.386. The first kappa shape index (κ1) is 56.3. The van der Waals surface area contributed by atoms with E-state index in [4.69, 9.17) is 61.6 Å². The summed E-state index contributed by atoms with van der Waals surface area (Å²) < 4.78 is 69.7. The van der Waals surface area contributed by atoms with Crippen molar-refractivity contribution in [2.75, 3.05) is 134 Å². The fraction of sp³-hybridized carbons (Fsp3) is 0.725. The lowest BCUT2D eigenvalue weighted by Crippen LogP contribution is -2.54. The molecule has 1 aromatic rings. The maximum Gasteiger partial charge on any atom is 0.412 e. The Labute approximate surface area is 375 Å². The molecule has 0 aliphatic carbocycles. The highest BCUT2D eigenvalue weighted by atomic mass is 16.7. The number of ether oxygens (including phenoxy) is 13. The van der Waals surface area contributed by atoms with Crippen molar-refractivity contribution in [1.82, 2.24) is 4.90 Å². The molecule has 1 aliphatic rings. The van der Waals surface area contributed by atoms with Crippen molar-refractivity contribution in [2.24, 2.45) is 17.8 Å². The number of hydrogen-bond acceptors (Lipinski definition) is 20. The molecule has 25 nitrogen and oxygen atoms in total. The largest absolute Gasteiger partial charge is 0.481 e. The standard InChI is InChI=1S/C40H62N2O23/c1-53-8-9-57-12-13-59-16-17-61-20-21-62-19-18-60-15-14-58-11-10-56-7-6-41(27-54-2)40(50)63-26-28-4-5-33(32(22-28)42(51)52)64-39-31(25-36(47)48)29(23-34(43)44)30(24-35(45)46)37(65-39)38(49)55-3/h4-5,22,29-31,37,39H,6-21,23-27H2,1-3H3,(H,43,44)(H,45,46)(H,47,48)/t29-,30-,31+,37-,39+/m0/s1. The number of amides is 1. The molecular weight excluding hydrogens is 876 g/mol. The highest BCUT2D eigenvalue weighted by Crippen LogP contribution is 2.43. The van der Waals surface area contributed by atoms with Crippen LogP contribution in [0.15, 0.2) is 18.2 Å². The molecule has 0 aromatic heterocycles. The molecule has 2 rings (SSSR count). The lowest BCUT2D eigenvalue weighted by Gasteiger charge is -2.44. The Hall–Kier alpha value is -4.83. The molecule has 0 bridgehead atoms. The highest BCUT2D eigenvalue weighted by molar-refractivity contribution is 5.77. The van der Waals surface area contributed by atoms with E-state index in [-0.39, 0.29) is 38.7 Å². The van der Waals surface area contributed by atoms with Gasteiger partial charge in [-0.05, 0) is 17.5 Å². The average Bonchev–Trinajstić information content (AvgIpc) is 3.26. The Balaban J connectivity index is 1.79. The van der Waals surface area contributed by atoms with Crippen molar-refractivity contribution in [3.8, 4) is 5.75 Å². The Morgan fingerprint density at radius 2 is 1.11 bits per heavy atom. The van der Waals surface area contributed by atoms with Gasteiger partial charge in [0.15, 0.2) is 11.9 Å². The Morgan fingerprint density at radius 3 is 1.55 bits per heavy atom. The molecule has 1 amide bonds. The molecule has 0 unspecified atom stereocenters. The summed E-state index contributed by atoms with van der Waals surface area (Å²) in [6, 6.07) is 3.47. The van der Waals surface area contributed by atoms with Crippen LogP contribution in [0, 0.1) is 27.9 Å². The number of carboxylic acids is 3. The van der Waals surface area contributed by atoms with Crippen LogP contribution in [0.1, 0.15) is 24.8 Å². The van der Waals surface area contributed by atoms with Crippen molar-refractivity contribution < 1.29 is 106 Å². The molecule has 370 valence electrons. The number of carboxylic acid groups (broad SMARTS) is 3. The summed E-state index contributed by atoms with van der Waals surface area (Å²) in [5, 5.41) is 41.0. The van der Waals surface area contributed by atoms with Gasteiger partial charge in [-0.2, -0.15) is 0 Å². The molecule has 3 N–H and O–H groups in total. The molecule has 1 saturated heterocycles. The van der Waals surface area contributed by atoms with Gasteiger partial charge in [0.1, 0.15) is 13.3 Å². The Kier molecular flexibility index (Phi) is 29.1. The molecule has 0 radical (unpaired) electrons. The van der Waals surface area contributed by atoms with Crippen LogP contribution in [0.5, 0.6) is 5.75 Å². The summed E-state index contributed by atoms with van der Waals surface area (Å²) in [6.45, 7) is 5.37. The second-order valence-electron chi connectivity index (χ2n) is 13.9. The van der Waals surface area contributed by atoms with E-state index in [9.17, 15) is 49.4 Å². The summed E-state index contributed by atoms with van der Waals surface area (Å²) in [6.07, 6.45) is -6.68. The van der Waals surface area contributed by atoms with Gasteiger partial charge < -0.3 is 76.9 Å². The first-order valence-corrected chi connectivity index (χ1v) is 20.6. The van der Waals surface area contributed by atoms with Crippen molar-refractivity contribution in [3.05, 3.63) is 33.9 Å². The van der Waals surface area contributed by atoms with E-state index < -0.39 is 102 Å². The van der Waals surface area contributed by atoms with E-state index in [2.05, 4.69) is 0 Å². The second-order valence-corrected chi connectivity index (χ2v) is 13.9. The third kappa shape index (κ3) is 23.3. The average molecular weight is 939 g/mol. The van der Waals surface area contributed by atoms with Crippen LogP contribution in [-0.4, -0.2) is 201 Å². The van der Waals surface area contributed by atoms with Crippen LogP contribution in [-0.2, 0) is 82.6 Å². The monoisotopic (exact) mass is 938 g/mol. The van der Waals surface area contributed by atoms with E-state index in [0.717, 1.165) is 19.2 Å². The van der Waals surface area contributed by atoms with Crippen molar-refractivity contribution in [1.29, 1.82) is 0 Å². The second kappa shape index (κ2) is 33.6. The molecular formula is C40H62N2O23. The number of hydrogen-bond donors (Lipinski definition) is 3. The summed E-state index contributed by atoms with van der Waals surface area (Å²) >= 11 is 0. The molecule has 0 spiro atoms. The Morgan fingerprint density at radius 1 is 0.646 bits per heavy atom. The van der Waals surface area contributed by atoms with Crippen LogP contribution in [0.25, 0.3) is 0 Å². The highest BCUT2D eigenvalue weighted by Gasteiger charge is 2.52. The first-order valence-electron chi connectivity index (χ1n) is 20.6. The number of nitro groups is 1. The van der Waals surface area contributed by atoms with Gasteiger partial charge >= 0.3 is 35.7 Å². The number of carbonyl (C=O) groups excluding carboxylic acids is 2. The molecule has 25 heteroatoms. The number of nitrogens with zero attached hydrogens (tertiary/aromatic N) is 2. The van der Waals surface area contributed by atoms with Gasteiger partial charge in [0, 0.05) is 45.1 Å². The fourth-order valence-electron chi connectivity index (χ4n) is 6.33. The van der Waals surface area contributed by atoms with Crippen LogP contribution in [0.2, 0.25) is 0 Å². The number of benzene rings is 1. The van der Waals surface area contributed by atoms with E-state index in [1.165, 1.54) is 18.1 Å². The van der Waals surface area contributed by atoms with Gasteiger partial charge in [-0.3, -0.25) is 29.4 Å². The lowest BCUT2D eigenvalue weighted by atomic mass is 9.71. The Bertz CT molecular complexity index is 1570. The van der Waals surface area contributed by atoms with E-state index in [1.54, 1.807) is 7.11 Å². The number of rotatable bonds is 38. The van der Waals surface area contributed by atoms with Gasteiger partial charge in [0.05, 0.1) is 124 Å². The zero-order valence-electron chi connectivity index (χ0n) is 36.9. The van der Waals surface area contributed by atoms with Crippen LogP contribution < -0.4 is 4.74 Å². The normalized spacial score (nSPS) is 18.2. The minimum Gasteiger partial charge on any atom is -0.481 e. The topological polar surface area (TPSA) is 312 Å². The summed E-state index contributed by atoms with van der Waals surface area (Å²) in [5.74, 6) is -9.89. The zero-order chi connectivity index (χ0) is 47.8. The van der Waals surface area contributed by atoms with E-state index in [1.807, 2.05) is 0 Å². The molecule has 1 fully saturated rings. The molecule has 1 heterocycles. The maximum absolute atomic E-state index is 12.9. The molecule has 65 heavy (non-hydrogen) atoms. The minimum atomic E-state index is -1.77. The number of nitro benzene ring substituents is 1. The number of carbonyl (C=O) groups is 5. The summed E-state index contributed by atoms with van der Waals surface area (Å²) in [4.78, 5) is 73.6. The number of esters is 1.